The van der Waals surface area contributed by atoms with Crippen LogP contribution in [0.2, 0.25) is 0 Å². The second kappa shape index (κ2) is 3.57. The zero-order valence-corrected chi connectivity index (χ0v) is 10.6. The summed E-state index contributed by atoms with van der Waals surface area (Å²) < 4.78 is 4.56. The van der Waals surface area contributed by atoms with Crippen molar-refractivity contribution in [3.05, 3.63) is 24.3 Å². The normalized spacial score (nSPS) is 14.7. The first-order valence-electron chi connectivity index (χ1n) is 6.71. The van der Waals surface area contributed by atoms with E-state index in [0.29, 0.717) is 0 Å². The summed E-state index contributed by atoms with van der Waals surface area (Å²) in [7, 11) is 0. The van der Waals surface area contributed by atoms with Gasteiger partial charge in [-0.1, -0.05) is 6.92 Å². The van der Waals surface area contributed by atoms with Crippen molar-refractivity contribution in [1.29, 1.82) is 0 Å². The molecule has 4 rings (SSSR count). The fraction of sp³-hybridized carbons (Fsp3) is 0.429. The second-order valence-electron chi connectivity index (χ2n) is 5.05. The molecule has 0 N–H and O–H groups in total. The van der Waals surface area contributed by atoms with Crippen LogP contribution in [-0.2, 0) is 19.5 Å². The Morgan fingerprint density at radius 3 is 3.00 bits per heavy atom. The van der Waals surface area contributed by atoms with E-state index in [1.807, 2.05) is 6.33 Å². The predicted octanol–water partition coefficient (Wildman–Crippen LogP) is 2.74. The van der Waals surface area contributed by atoms with Crippen molar-refractivity contribution in [2.75, 3.05) is 0 Å². The van der Waals surface area contributed by atoms with E-state index in [1.165, 1.54) is 23.3 Å². The van der Waals surface area contributed by atoms with E-state index in [-0.39, 0.29) is 0 Å². The zero-order chi connectivity index (χ0) is 12.1. The number of benzene rings is 1. The van der Waals surface area contributed by atoms with Crippen LogP contribution in [0.1, 0.15) is 25.6 Å². The van der Waals surface area contributed by atoms with Gasteiger partial charge in [-0.05, 0) is 25.0 Å². The molecule has 0 amide bonds. The third-order valence-electron chi connectivity index (χ3n) is 3.82. The Labute approximate surface area is 105 Å². The lowest BCUT2D eigenvalue weighted by atomic mass is 10.2. The van der Waals surface area contributed by atoms with Crippen LogP contribution in [0.15, 0.2) is 18.5 Å². The Hall–Kier alpha value is -1.84. The summed E-state index contributed by atoms with van der Waals surface area (Å²) in [4.78, 5) is 9.26. The Morgan fingerprint density at radius 1 is 1.22 bits per heavy atom. The minimum Gasteiger partial charge on any atom is -0.331 e. The topological polar surface area (TPSA) is 35.6 Å². The molecule has 4 nitrogen and oxygen atoms in total. The van der Waals surface area contributed by atoms with Gasteiger partial charge in [-0.25, -0.2) is 9.97 Å². The van der Waals surface area contributed by atoms with Gasteiger partial charge in [0.25, 0.3) is 0 Å². The smallest absolute Gasteiger partial charge is 0.109 e. The SMILES string of the molecule is CCCn1cnc2cc3c(cc21)nc1n3CCC1. The first-order chi connectivity index (χ1) is 8.86. The van der Waals surface area contributed by atoms with Crippen molar-refractivity contribution in [1.82, 2.24) is 19.1 Å². The minimum absolute atomic E-state index is 1.02. The van der Waals surface area contributed by atoms with E-state index in [1.54, 1.807) is 0 Å². The maximum absolute atomic E-state index is 4.75. The van der Waals surface area contributed by atoms with Gasteiger partial charge in [0.1, 0.15) is 5.82 Å². The molecule has 0 saturated heterocycles. The highest BCUT2D eigenvalue weighted by Gasteiger charge is 2.17. The van der Waals surface area contributed by atoms with Crippen LogP contribution in [0.4, 0.5) is 0 Å². The largest absolute Gasteiger partial charge is 0.331 e. The molecule has 0 fully saturated rings. The lowest BCUT2D eigenvalue weighted by Gasteiger charge is -2.02. The second-order valence-corrected chi connectivity index (χ2v) is 5.05. The Morgan fingerprint density at radius 2 is 2.11 bits per heavy atom. The molecule has 0 bridgehead atoms. The van der Waals surface area contributed by atoms with E-state index in [0.717, 1.165) is 37.0 Å². The first kappa shape index (κ1) is 10.1. The van der Waals surface area contributed by atoms with Crippen LogP contribution in [-0.4, -0.2) is 19.1 Å². The molecule has 0 atom stereocenters. The van der Waals surface area contributed by atoms with Gasteiger partial charge < -0.3 is 9.13 Å². The van der Waals surface area contributed by atoms with E-state index in [2.05, 4.69) is 33.2 Å². The van der Waals surface area contributed by atoms with Gasteiger partial charge >= 0.3 is 0 Å². The summed E-state index contributed by atoms with van der Waals surface area (Å²) in [5, 5.41) is 0. The Bertz CT molecular complexity index is 735. The first-order valence-corrected chi connectivity index (χ1v) is 6.71. The van der Waals surface area contributed by atoms with Gasteiger partial charge in [0.05, 0.1) is 28.4 Å². The molecular weight excluding hydrogens is 224 g/mol. The van der Waals surface area contributed by atoms with Gasteiger partial charge in [0, 0.05) is 19.5 Å². The number of hydrogen-bond acceptors (Lipinski definition) is 2. The van der Waals surface area contributed by atoms with Crippen LogP contribution in [0.5, 0.6) is 0 Å². The molecular formula is C14H16N4. The number of nitrogens with zero attached hydrogens (tertiary/aromatic N) is 4. The standard InChI is InChI=1S/C14H16N4/c1-2-5-17-9-15-10-7-13-11(8-12(10)17)16-14-4-3-6-18(13)14/h7-9H,2-6H2,1H3. The maximum atomic E-state index is 4.75. The lowest BCUT2D eigenvalue weighted by molar-refractivity contribution is 0.697. The van der Waals surface area contributed by atoms with Crippen LogP contribution in [0.25, 0.3) is 22.1 Å². The molecule has 0 unspecified atom stereocenters. The molecule has 18 heavy (non-hydrogen) atoms. The summed E-state index contributed by atoms with van der Waals surface area (Å²) in [5.74, 6) is 1.24. The number of fused-ring (bicyclic) bond motifs is 4. The van der Waals surface area contributed by atoms with Crippen molar-refractivity contribution in [2.45, 2.75) is 39.3 Å². The number of aryl methyl sites for hydroxylation is 3. The van der Waals surface area contributed by atoms with Gasteiger partial charge in [-0.15, -0.1) is 0 Å². The number of rotatable bonds is 2. The van der Waals surface area contributed by atoms with Crippen molar-refractivity contribution in [2.24, 2.45) is 0 Å². The van der Waals surface area contributed by atoms with Gasteiger partial charge in [0.2, 0.25) is 0 Å². The zero-order valence-electron chi connectivity index (χ0n) is 10.6. The lowest BCUT2D eigenvalue weighted by Crippen LogP contribution is -1.94. The Balaban J connectivity index is 2.01. The van der Waals surface area contributed by atoms with E-state index in [9.17, 15) is 0 Å². The summed E-state index contributed by atoms with van der Waals surface area (Å²) in [6.07, 6.45) is 5.41. The summed E-state index contributed by atoms with van der Waals surface area (Å²) >= 11 is 0. The third kappa shape index (κ3) is 1.26. The predicted molar refractivity (Wildman–Crippen MR) is 71.6 cm³/mol. The minimum atomic E-state index is 1.02. The molecule has 1 aliphatic rings. The highest BCUT2D eigenvalue weighted by atomic mass is 15.1. The monoisotopic (exact) mass is 240 g/mol. The van der Waals surface area contributed by atoms with Crippen LogP contribution < -0.4 is 0 Å². The van der Waals surface area contributed by atoms with Crippen molar-refractivity contribution < 1.29 is 0 Å². The quantitative estimate of drug-likeness (QED) is 0.690. The van der Waals surface area contributed by atoms with Crippen molar-refractivity contribution in [3.63, 3.8) is 0 Å². The third-order valence-corrected chi connectivity index (χ3v) is 3.82. The molecule has 0 aliphatic carbocycles. The molecule has 3 aromatic rings. The van der Waals surface area contributed by atoms with E-state index < -0.39 is 0 Å². The highest BCUT2D eigenvalue weighted by Crippen LogP contribution is 2.26. The van der Waals surface area contributed by atoms with Crippen LogP contribution >= 0.6 is 0 Å². The molecule has 1 aliphatic heterocycles. The summed E-state index contributed by atoms with van der Waals surface area (Å²) in [6.45, 7) is 4.32. The molecule has 92 valence electrons. The number of hydrogen-bond donors (Lipinski definition) is 0. The van der Waals surface area contributed by atoms with Crippen LogP contribution in [0, 0.1) is 0 Å². The number of aromatic nitrogens is 4. The molecule has 0 radical (unpaired) electrons. The Kier molecular flexibility index (Phi) is 2.01. The molecule has 2 aromatic heterocycles. The average Bonchev–Trinajstić information content (AvgIpc) is 3.02. The number of imidazole rings is 2. The van der Waals surface area contributed by atoms with Gasteiger partial charge in [-0.2, -0.15) is 0 Å². The molecule has 1 aromatic carbocycles. The van der Waals surface area contributed by atoms with E-state index in [4.69, 9.17) is 4.98 Å². The maximum Gasteiger partial charge on any atom is 0.109 e. The molecule has 0 spiro atoms. The fourth-order valence-electron chi connectivity index (χ4n) is 2.98. The molecule has 0 saturated carbocycles. The van der Waals surface area contributed by atoms with Gasteiger partial charge in [-0.3, -0.25) is 0 Å². The highest BCUT2D eigenvalue weighted by molar-refractivity contribution is 5.92. The van der Waals surface area contributed by atoms with Crippen molar-refractivity contribution >= 4 is 22.1 Å². The van der Waals surface area contributed by atoms with Crippen LogP contribution in [0.3, 0.4) is 0 Å². The van der Waals surface area contributed by atoms with Gasteiger partial charge in [0.15, 0.2) is 0 Å². The fourth-order valence-corrected chi connectivity index (χ4v) is 2.98. The van der Waals surface area contributed by atoms with E-state index >= 15 is 0 Å². The molecule has 3 heterocycles. The summed E-state index contributed by atoms with van der Waals surface area (Å²) in [5.41, 5.74) is 4.67. The molecule has 4 heteroatoms. The average molecular weight is 240 g/mol. The summed E-state index contributed by atoms with van der Waals surface area (Å²) in [6, 6.07) is 4.39. The van der Waals surface area contributed by atoms with Crippen molar-refractivity contribution in [3.8, 4) is 0 Å².